The normalized spacial score (nSPS) is 10.8. The van der Waals surface area contributed by atoms with Crippen molar-refractivity contribution in [3.63, 3.8) is 0 Å². The molecule has 7 nitrogen and oxygen atoms in total. The Morgan fingerprint density at radius 1 is 1.22 bits per heavy atom. The average Bonchev–Trinajstić information content (AvgIpc) is 3.24. The van der Waals surface area contributed by atoms with Gasteiger partial charge in [0, 0.05) is 19.3 Å². The van der Waals surface area contributed by atoms with Gasteiger partial charge in [0.05, 0.1) is 17.9 Å². The van der Waals surface area contributed by atoms with Crippen LogP contribution in [0.3, 0.4) is 0 Å². The zero-order valence-corrected chi connectivity index (χ0v) is 19.8. The summed E-state index contributed by atoms with van der Waals surface area (Å²) in [5, 5.41) is 4.86. The van der Waals surface area contributed by atoms with Crippen LogP contribution in [0.25, 0.3) is 10.3 Å². The van der Waals surface area contributed by atoms with Crippen molar-refractivity contribution in [1.82, 2.24) is 15.0 Å². The molecular weight excluding hydrogens is 466 g/mol. The van der Waals surface area contributed by atoms with Gasteiger partial charge < -0.3 is 15.0 Å². The Labute approximate surface area is 198 Å². The van der Waals surface area contributed by atoms with E-state index >= 15 is 0 Å². The fourth-order valence-electron chi connectivity index (χ4n) is 2.99. The minimum Gasteiger partial charge on any atom is -0.495 e. The van der Waals surface area contributed by atoms with E-state index in [0.717, 1.165) is 21.4 Å². The SMILES string of the molecule is COc1ccc(NC(=O)CSc2ncnc3nc(N(C)Cc4ccccc4)sc23)cc1Cl. The van der Waals surface area contributed by atoms with Crippen molar-refractivity contribution < 1.29 is 9.53 Å². The number of aromatic nitrogens is 3. The first-order chi connectivity index (χ1) is 15.5. The number of thioether (sulfide) groups is 1. The van der Waals surface area contributed by atoms with E-state index in [2.05, 4.69) is 37.3 Å². The first kappa shape index (κ1) is 22.3. The molecule has 0 saturated carbocycles. The van der Waals surface area contributed by atoms with Gasteiger partial charge in [-0.05, 0) is 23.8 Å². The number of hydrogen-bond donors (Lipinski definition) is 1. The van der Waals surface area contributed by atoms with E-state index in [0.29, 0.717) is 22.1 Å². The smallest absolute Gasteiger partial charge is 0.234 e. The highest BCUT2D eigenvalue weighted by molar-refractivity contribution is 8.00. The molecule has 2 aromatic heterocycles. The number of halogens is 1. The second-order valence-corrected chi connectivity index (χ2v) is 9.20. The summed E-state index contributed by atoms with van der Waals surface area (Å²) in [5.41, 5.74) is 2.44. The van der Waals surface area contributed by atoms with Crippen LogP contribution in [0.15, 0.2) is 59.9 Å². The van der Waals surface area contributed by atoms with Gasteiger partial charge in [-0.15, -0.1) is 0 Å². The molecule has 10 heteroatoms. The standard InChI is InChI=1S/C22H20ClN5O2S2/c1-28(11-14-6-4-3-5-7-14)22-27-20-19(32-22)21(25-13-24-20)31-12-18(29)26-15-8-9-17(30-2)16(23)10-15/h3-10,13H,11-12H2,1-2H3,(H,26,29). The predicted octanol–water partition coefficient (Wildman–Crippen LogP) is 5.12. The molecule has 0 radical (unpaired) electrons. The van der Waals surface area contributed by atoms with Gasteiger partial charge in [0.1, 0.15) is 21.8 Å². The molecule has 0 spiro atoms. The van der Waals surface area contributed by atoms with Crippen molar-refractivity contribution in [1.29, 1.82) is 0 Å². The first-order valence-electron chi connectivity index (χ1n) is 9.66. The Bertz CT molecular complexity index is 1240. The average molecular weight is 486 g/mol. The van der Waals surface area contributed by atoms with Gasteiger partial charge in [0.25, 0.3) is 0 Å². The minimum absolute atomic E-state index is 0.158. The summed E-state index contributed by atoms with van der Waals surface area (Å²) >= 11 is 8.99. The molecular formula is C22H20ClN5O2S2. The third-order valence-corrected chi connectivity index (χ3v) is 7.09. The van der Waals surface area contributed by atoms with E-state index < -0.39 is 0 Å². The Kier molecular flexibility index (Phi) is 7.09. The van der Waals surface area contributed by atoms with Gasteiger partial charge >= 0.3 is 0 Å². The van der Waals surface area contributed by atoms with Crippen molar-refractivity contribution in [2.24, 2.45) is 0 Å². The van der Waals surface area contributed by atoms with Crippen molar-refractivity contribution in [2.45, 2.75) is 11.6 Å². The van der Waals surface area contributed by atoms with Crippen molar-refractivity contribution in [3.8, 4) is 5.75 Å². The number of carbonyl (C=O) groups excluding carboxylic acids is 1. The van der Waals surface area contributed by atoms with Crippen molar-refractivity contribution in [2.75, 3.05) is 30.1 Å². The van der Waals surface area contributed by atoms with Crippen LogP contribution >= 0.6 is 34.7 Å². The molecule has 0 fully saturated rings. The van der Waals surface area contributed by atoms with Crippen molar-refractivity contribution in [3.05, 3.63) is 65.4 Å². The molecule has 32 heavy (non-hydrogen) atoms. The number of carbonyl (C=O) groups is 1. The highest BCUT2D eigenvalue weighted by atomic mass is 35.5. The summed E-state index contributed by atoms with van der Waals surface area (Å²) < 4.78 is 6.00. The number of benzene rings is 2. The maximum atomic E-state index is 12.4. The van der Waals surface area contributed by atoms with E-state index in [-0.39, 0.29) is 11.7 Å². The topological polar surface area (TPSA) is 80.2 Å². The third kappa shape index (κ3) is 5.29. The largest absolute Gasteiger partial charge is 0.495 e. The van der Waals surface area contributed by atoms with Gasteiger partial charge in [-0.25, -0.2) is 9.97 Å². The molecule has 1 N–H and O–H groups in total. The number of amides is 1. The lowest BCUT2D eigenvalue weighted by Crippen LogP contribution is -2.15. The van der Waals surface area contributed by atoms with Gasteiger partial charge in [-0.1, -0.05) is 65.0 Å². The molecule has 2 aromatic carbocycles. The molecule has 164 valence electrons. The van der Waals surface area contributed by atoms with Gasteiger partial charge in [0.15, 0.2) is 10.8 Å². The van der Waals surface area contributed by atoms with E-state index in [1.165, 1.54) is 35.0 Å². The highest BCUT2D eigenvalue weighted by Crippen LogP contribution is 2.34. The number of hydrogen-bond acceptors (Lipinski definition) is 8. The van der Waals surface area contributed by atoms with Crippen LogP contribution in [-0.4, -0.2) is 40.8 Å². The lowest BCUT2D eigenvalue weighted by Gasteiger charge is -2.15. The number of anilines is 2. The van der Waals surface area contributed by atoms with E-state index in [1.807, 2.05) is 25.2 Å². The van der Waals surface area contributed by atoms with Gasteiger partial charge in [-0.3, -0.25) is 4.79 Å². The molecule has 2 heterocycles. The summed E-state index contributed by atoms with van der Waals surface area (Å²) in [4.78, 5) is 27.8. The van der Waals surface area contributed by atoms with Crippen LogP contribution < -0.4 is 15.0 Å². The zero-order chi connectivity index (χ0) is 22.5. The van der Waals surface area contributed by atoms with Crippen LogP contribution in [-0.2, 0) is 11.3 Å². The molecule has 0 bridgehead atoms. The predicted molar refractivity (Wildman–Crippen MR) is 131 cm³/mol. The maximum absolute atomic E-state index is 12.4. The molecule has 4 aromatic rings. The Balaban J connectivity index is 1.43. The summed E-state index contributed by atoms with van der Waals surface area (Å²) in [6, 6.07) is 15.3. The number of nitrogens with one attached hydrogen (secondary N) is 1. The van der Waals surface area contributed by atoms with Gasteiger partial charge in [0.2, 0.25) is 5.91 Å². The number of thiazole rings is 1. The minimum atomic E-state index is -0.158. The van der Waals surface area contributed by atoms with E-state index in [4.69, 9.17) is 16.3 Å². The first-order valence-corrected chi connectivity index (χ1v) is 11.8. The van der Waals surface area contributed by atoms with Crippen LogP contribution in [0.2, 0.25) is 5.02 Å². The molecule has 0 atom stereocenters. The highest BCUT2D eigenvalue weighted by Gasteiger charge is 2.15. The quantitative estimate of drug-likeness (QED) is 0.274. The maximum Gasteiger partial charge on any atom is 0.234 e. The second-order valence-electron chi connectivity index (χ2n) is 6.86. The lowest BCUT2D eigenvalue weighted by molar-refractivity contribution is -0.113. The lowest BCUT2D eigenvalue weighted by atomic mass is 10.2. The number of rotatable bonds is 8. The van der Waals surface area contributed by atoms with Crippen LogP contribution in [0.4, 0.5) is 10.8 Å². The molecule has 1 amide bonds. The molecule has 4 rings (SSSR count). The van der Waals surface area contributed by atoms with Crippen LogP contribution in [0.5, 0.6) is 5.75 Å². The number of ether oxygens (including phenoxy) is 1. The number of fused-ring (bicyclic) bond motifs is 1. The Hall–Kier alpha value is -2.88. The van der Waals surface area contributed by atoms with Crippen molar-refractivity contribution >= 4 is 61.8 Å². The third-order valence-electron chi connectivity index (χ3n) is 4.51. The van der Waals surface area contributed by atoms with Crippen LogP contribution in [0.1, 0.15) is 5.56 Å². The Morgan fingerprint density at radius 2 is 2.03 bits per heavy atom. The number of methoxy groups -OCH3 is 1. The second kappa shape index (κ2) is 10.2. The Morgan fingerprint density at radius 3 is 2.78 bits per heavy atom. The molecule has 0 aliphatic rings. The summed E-state index contributed by atoms with van der Waals surface area (Å²) in [6.07, 6.45) is 1.48. The molecule has 0 unspecified atom stereocenters. The van der Waals surface area contributed by atoms with E-state index in [1.54, 1.807) is 25.3 Å². The van der Waals surface area contributed by atoms with E-state index in [9.17, 15) is 4.79 Å². The molecule has 0 aliphatic carbocycles. The zero-order valence-electron chi connectivity index (χ0n) is 17.4. The molecule has 0 saturated heterocycles. The summed E-state index contributed by atoms with van der Waals surface area (Å²) in [6.45, 7) is 0.739. The van der Waals surface area contributed by atoms with Crippen LogP contribution in [0, 0.1) is 0 Å². The summed E-state index contributed by atoms with van der Waals surface area (Å²) in [7, 11) is 3.54. The monoisotopic (exact) mass is 485 g/mol. The fourth-order valence-corrected chi connectivity index (χ4v) is 5.10. The summed E-state index contributed by atoms with van der Waals surface area (Å²) in [5.74, 6) is 0.595. The fraction of sp³-hybridized carbons (Fsp3) is 0.182. The molecule has 0 aliphatic heterocycles. The number of nitrogens with zero attached hydrogens (tertiary/aromatic N) is 4. The van der Waals surface area contributed by atoms with Gasteiger partial charge in [-0.2, -0.15) is 4.98 Å².